The lowest BCUT2D eigenvalue weighted by molar-refractivity contribution is -0.266. The summed E-state index contributed by atoms with van der Waals surface area (Å²) in [6, 6.07) is 12.9. The number of benzene rings is 2. The first-order chi connectivity index (χ1) is 13.7. The van der Waals surface area contributed by atoms with E-state index >= 15 is 0 Å². The molecule has 1 unspecified atom stereocenters. The maximum Gasteiger partial charge on any atom is 0.417 e. The normalized spacial score (nSPS) is 15.4. The lowest BCUT2D eigenvalue weighted by atomic mass is 9.72. The zero-order valence-electron chi connectivity index (χ0n) is 16.3. The number of alkyl halides is 6. The largest absolute Gasteiger partial charge is 0.417 e. The summed E-state index contributed by atoms with van der Waals surface area (Å²) in [7, 11) is 0. The SMILES string of the molecule is CC(C)(CC(O)(Cc1cc2ccccc2[nH]1)C(F)(F)F)c1ccccc1C(F)(F)F. The van der Waals surface area contributed by atoms with Gasteiger partial charge in [-0.1, -0.05) is 50.2 Å². The van der Waals surface area contributed by atoms with Gasteiger partial charge in [0.05, 0.1) is 5.56 Å². The highest BCUT2D eigenvalue weighted by Crippen LogP contribution is 2.46. The van der Waals surface area contributed by atoms with Gasteiger partial charge >= 0.3 is 12.4 Å². The topological polar surface area (TPSA) is 36.0 Å². The van der Waals surface area contributed by atoms with Crippen LogP contribution in [0.25, 0.3) is 10.9 Å². The third kappa shape index (κ3) is 4.33. The summed E-state index contributed by atoms with van der Waals surface area (Å²) < 4.78 is 82.1. The molecule has 0 aliphatic carbocycles. The van der Waals surface area contributed by atoms with E-state index < -0.39 is 41.8 Å². The van der Waals surface area contributed by atoms with E-state index in [1.807, 2.05) is 0 Å². The van der Waals surface area contributed by atoms with Crippen molar-refractivity contribution >= 4 is 10.9 Å². The van der Waals surface area contributed by atoms with E-state index in [1.165, 1.54) is 32.0 Å². The maximum absolute atomic E-state index is 13.9. The molecule has 1 heterocycles. The van der Waals surface area contributed by atoms with Gasteiger partial charge in [0.15, 0.2) is 5.60 Å². The lowest BCUT2D eigenvalue weighted by Gasteiger charge is -2.38. The number of halogens is 6. The number of nitrogens with one attached hydrogen (secondary N) is 1. The average Bonchev–Trinajstić information content (AvgIpc) is 3.01. The molecule has 3 rings (SSSR count). The molecule has 8 heteroatoms. The Morgan fingerprint density at radius 2 is 1.40 bits per heavy atom. The average molecular weight is 429 g/mol. The van der Waals surface area contributed by atoms with E-state index in [0.29, 0.717) is 10.9 Å². The monoisotopic (exact) mass is 429 g/mol. The molecule has 0 fully saturated rings. The van der Waals surface area contributed by atoms with Gasteiger partial charge < -0.3 is 10.1 Å². The van der Waals surface area contributed by atoms with E-state index in [1.54, 1.807) is 24.3 Å². The molecule has 2 nitrogen and oxygen atoms in total. The van der Waals surface area contributed by atoms with Gasteiger partial charge in [-0.3, -0.25) is 0 Å². The summed E-state index contributed by atoms with van der Waals surface area (Å²) >= 11 is 0. The van der Waals surface area contributed by atoms with Crippen molar-refractivity contribution in [2.45, 2.75) is 50.1 Å². The van der Waals surface area contributed by atoms with Gasteiger partial charge in [-0.05, 0) is 41.0 Å². The Kier molecular flexibility index (Phi) is 5.43. The fourth-order valence-electron chi connectivity index (χ4n) is 3.95. The van der Waals surface area contributed by atoms with Crippen LogP contribution >= 0.6 is 0 Å². The molecule has 1 atom stereocenters. The van der Waals surface area contributed by atoms with Crippen LogP contribution in [-0.4, -0.2) is 21.9 Å². The second-order valence-electron chi connectivity index (χ2n) is 8.19. The van der Waals surface area contributed by atoms with Gasteiger partial charge in [0.2, 0.25) is 0 Å². The number of fused-ring (bicyclic) bond motifs is 1. The molecule has 0 aliphatic heterocycles. The lowest BCUT2D eigenvalue weighted by Crippen LogP contribution is -2.51. The Hall–Kier alpha value is -2.48. The van der Waals surface area contributed by atoms with Crippen LogP contribution in [0.1, 0.15) is 37.1 Å². The minimum absolute atomic E-state index is 0.149. The van der Waals surface area contributed by atoms with E-state index in [9.17, 15) is 31.4 Å². The molecular formula is C22H21F6NO. The number of aromatic nitrogens is 1. The van der Waals surface area contributed by atoms with Crippen molar-refractivity contribution in [1.29, 1.82) is 0 Å². The molecule has 0 bridgehead atoms. The molecule has 1 aromatic heterocycles. The summed E-state index contributed by atoms with van der Waals surface area (Å²) in [5.74, 6) is 0. The second kappa shape index (κ2) is 7.34. The van der Waals surface area contributed by atoms with Crippen LogP contribution in [0.5, 0.6) is 0 Å². The zero-order chi connectivity index (χ0) is 22.4. The van der Waals surface area contributed by atoms with Crippen molar-refractivity contribution in [2.75, 3.05) is 0 Å². The van der Waals surface area contributed by atoms with Crippen molar-refractivity contribution < 1.29 is 31.4 Å². The predicted octanol–water partition coefficient (Wildman–Crippen LogP) is 6.39. The van der Waals surface area contributed by atoms with Gasteiger partial charge in [0.1, 0.15) is 0 Å². The fraction of sp³-hybridized carbons (Fsp3) is 0.364. The first-order valence-electron chi connectivity index (χ1n) is 9.25. The Morgan fingerprint density at radius 3 is 1.97 bits per heavy atom. The predicted molar refractivity (Wildman–Crippen MR) is 102 cm³/mol. The van der Waals surface area contributed by atoms with Crippen LogP contribution in [0.2, 0.25) is 0 Å². The first-order valence-corrected chi connectivity index (χ1v) is 9.25. The van der Waals surface area contributed by atoms with Gasteiger partial charge in [-0.25, -0.2) is 0 Å². The molecule has 0 saturated carbocycles. The summed E-state index contributed by atoms with van der Waals surface area (Å²) in [6.07, 6.45) is -11.5. The molecule has 0 saturated heterocycles. The van der Waals surface area contributed by atoms with Gasteiger partial charge in [0, 0.05) is 17.6 Å². The third-order valence-corrected chi connectivity index (χ3v) is 5.29. The number of H-pyrrole nitrogens is 1. The van der Waals surface area contributed by atoms with Crippen LogP contribution < -0.4 is 0 Å². The Balaban J connectivity index is 2.00. The maximum atomic E-state index is 13.9. The Labute approximate surface area is 169 Å². The highest BCUT2D eigenvalue weighted by atomic mass is 19.4. The number of hydrogen-bond acceptors (Lipinski definition) is 1. The highest BCUT2D eigenvalue weighted by molar-refractivity contribution is 5.80. The molecule has 0 radical (unpaired) electrons. The minimum atomic E-state index is -5.05. The van der Waals surface area contributed by atoms with E-state index in [-0.39, 0.29) is 11.3 Å². The summed E-state index contributed by atoms with van der Waals surface area (Å²) in [5.41, 5.74) is -5.38. The summed E-state index contributed by atoms with van der Waals surface area (Å²) in [4.78, 5) is 2.84. The first kappa shape index (κ1) is 22.2. The van der Waals surface area contributed by atoms with Crippen LogP contribution in [0, 0.1) is 0 Å². The van der Waals surface area contributed by atoms with Crippen LogP contribution in [-0.2, 0) is 18.0 Å². The van der Waals surface area contributed by atoms with Gasteiger partial charge in [-0.2, -0.15) is 26.3 Å². The van der Waals surface area contributed by atoms with Crippen molar-refractivity contribution in [3.63, 3.8) is 0 Å². The molecular weight excluding hydrogens is 408 g/mol. The fourth-order valence-corrected chi connectivity index (χ4v) is 3.95. The molecule has 2 aromatic carbocycles. The number of hydrogen-bond donors (Lipinski definition) is 2. The van der Waals surface area contributed by atoms with E-state index in [0.717, 1.165) is 12.1 Å². The number of aliphatic hydroxyl groups is 1. The quantitative estimate of drug-likeness (QED) is 0.453. The minimum Gasteiger partial charge on any atom is -0.380 e. The highest BCUT2D eigenvalue weighted by Gasteiger charge is 2.56. The third-order valence-electron chi connectivity index (χ3n) is 5.29. The zero-order valence-corrected chi connectivity index (χ0v) is 16.3. The molecule has 162 valence electrons. The number of para-hydroxylation sites is 1. The van der Waals surface area contributed by atoms with Gasteiger partial charge in [0.25, 0.3) is 0 Å². The molecule has 2 N–H and O–H groups in total. The van der Waals surface area contributed by atoms with E-state index in [2.05, 4.69) is 4.98 Å². The number of rotatable bonds is 5. The molecule has 0 aliphatic rings. The number of aromatic amines is 1. The summed E-state index contributed by atoms with van der Waals surface area (Å²) in [5, 5.41) is 11.4. The second-order valence-corrected chi connectivity index (χ2v) is 8.19. The van der Waals surface area contributed by atoms with Crippen molar-refractivity contribution in [3.05, 3.63) is 71.4 Å². The van der Waals surface area contributed by atoms with E-state index in [4.69, 9.17) is 0 Å². The molecule has 0 amide bonds. The molecule has 0 spiro atoms. The van der Waals surface area contributed by atoms with Crippen LogP contribution in [0.15, 0.2) is 54.6 Å². The van der Waals surface area contributed by atoms with Crippen LogP contribution in [0.4, 0.5) is 26.3 Å². The van der Waals surface area contributed by atoms with Crippen molar-refractivity contribution in [3.8, 4) is 0 Å². The smallest absolute Gasteiger partial charge is 0.380 e. The van der Waals surface area contributed by atoms with Crippen molar-refractivity contribution in [2.24, 2.45) is 0 Å². The van der Waals surface area contributed by atoms with Gasteiger partial charge in [-0.15, -0.1) is 0 Å². The van der Waals surface area contributed by atoms with Crippen LogP contribution in [0.3, 0.4) is 0 Å². The summed E-state index contributed by atoms with van der Waals surface area (Å²) in [6.45, 7) is 2.55. The molecule has 3 aromatic rings. The Bertz CT molecular complexity index is 1000. The standard InChI is InChI=1S/C22H21F6NO/c1-19(2,16-8-4-5-9-17(16)21(23,24)25)13-20(30,22(26,27)28)12-15-11-14-7-3-6-10-18(14)29-15/h3-11,29-30H,12-13H2,1-2H3. The van der Waals surface area contributed by atoms with Crippen molar-refractivity contribution in [1.82, 2.24) is 4.98 Å². The Morgan fingerprint density at radius 1 is 0.833 bits per heavy atom. The molecule has 30 heavy (non-hydrogen) atoms.